The second-order valence-electron chi connectivity index (χ2n) is 7.06. The first-order valence-corrected chi connectivity index (χ1v) is 8.81. The molecule has 4 rings (SSSR count). The molecule has 0 amide bonds. The molecule has 7 heteroatoms. The van der Waals surface area contributed by atoms with E-state index >= 15 is 0 Å². The lowest BCUT2D eigenvalue weighted by molar-refractivity contribution is -0.136. The van der Waals surface area contributed by atoms with Gasteiger partial charge in [-0.05, 0) is 42.9 Å². The Hall–Kier alpha value is -2.70. The quantitative estimate of drug-likeness (QED) is 0.823. The first kappa shape index (κ1) is 17.7. The van der Waals surface area contributed by atoms with E-state index < -0.39 is 29.8 Å². The second-order valence-corrected chi connectivity index (χ2v) is 7.06. The van der Waals surface area contributed by atoms with Gasteiger partial charge in [-0.25, -0.2) is 18.4 Å². The fraction of sp³-hybridized carbons (Fsp3) is 0.400. The number of carbonyl (C=O) groups excluding carboxylic acids is 2. The number of allylic oxidation sites excluding steroid dienone is 1. The zero-order chi connectivity index (χ0) is 19.3. The van der Waals surface area contributed by atoms with Crippen molar-refractivity contribution in [2.24, 2.45) is 0 Å². The van der Waals surface area contributed by atoms with Gasteiger partial charge >= 0.3 is 11.9 Å². The highest BCUT2D eigenvalue weighted by Crippen LogP contribution is 2.48. The molecule has 1 N–H and O–H groups in total. The first-order chi connectivity index (χ1) is 12.9. The fourth-order valence-electron chi connectivity index (χ4n) is 4.18. The van der Waals surface area contributed by atoms with Gasteiger partial charge < -0.3 is 14.8 Å². The van der Waals surface area contributed by atoms with Gasteiger partial charge in [-0.2, -0.15) is 0 Å². The Balaban J connectivity index is 1.91. The monoisotopic (exact) mass is 375 g/mol. The summed E-state index contributed by atoms with van der Waals surface area (Å²) in [7, 11) is 1.25. The number of esters is 2. The molecule has 2 aliphatic heterocycles. The molecule has 1 atom stereocenters. The Morgan fingerprint density at radius 1 is 1.33 bits per heavy atom. The second kappa shape index (κ2) is 6.48. The lowest BCUT2D eigenvalue weighted by Gasteiger charge is -2.35. The van der Waals surface area contributed by atoms with Crippen molar-refractivity contribution in [1.82, 2.24) is 5.32 Å². The molecule has 0 aromatic heterocycles. The molecule has 3 aliphatic rings. The third-order valence-electron chi connectivity index (χ3n) is 5.50. The Morgan fingerprint density at radius 3 is 2.74 bits per heavy atom. The fourth-order valence-corrected chi connectivity index (χ4v) is 4.18. The van der Waals surface area contributed by atoms with Gasteiger partial charge in [0.2, 0.25) is 0 Å². The molecule has 2 heterocycles. The summed E-state index contributed by atoms with van der Waals surface area (Å²) in [5, 5.41) is 3.03. The maximum absolute atomic E-state index is 14.7. The van der Waals surface area contributed by atoms with Crippen molar-refractivity contribution in [3.05, 3.63) is 57.7 Å². The number of hydrogen-bond acceptors (Lipinski definition) is 5. The highest BCUT2D eigenvalue weighted by molar-refractivity contribution is 6.01. The topological polar surface area (TPSA) is 64.6 Å². The van der Waals surface area contributed by atoms with E-state index in [-0.39, 0.29) is 36.5 Å². The summed E-state index contributed by atoms with van der Waals surface area (Å²) in [5.41, 5.74) is 2.44. The van der Waals surface area contributed by atoms with Crippen molar-refractivity contribution in [3.8, 4) is 0 Å². The van der Waals surface area contributed by atoms with Crippen LogP contribution in [0.25, 0.3) is 0 Å². The molecule has 1 aromatic carbocycles. The van der Waals surface area contributed by atoms with E-state index in [1.807, 2.05) is 0 Å². The van der Waals surface area contributed by atoms with Crippen molar-refractivity contribution in [3.63, 3.8) is 0 Å². The van der Waals surface area contributed by atoms with E-state index in [9.17, 15) is 18.4 Å². The van der Waals surface area contributed by atoms with Crippen LogP contribution in [0.1, 0.15) is 42.7 Å². The number of methoxy groups -OCH3 is 1. The highest BCUT2D eigenvalue weighted by atomic mass is 19.1. The van der Waals surface area contributed by atoms with E-state index in [1.165, 1.54) is 19.2 Å². The molecular formula is C20H19F2NO4. The number of hydrogen-bond donors (Lipinski definition) is 1. The average molecular weight is 375 g/mol. The molecule has 0 spiro atoms. The Labute approximate surface area is 155 Å². The average Bonchev–Trinajstić information content (AvgIpc) is 2.98. The lowest BCUT2D eigenvalue weighted by atomic mass is 9.71. The summed E-state index contributed by atoms with van der Waals surface area (Å²) >= 11 is 0. The van der Waals surface area contributed by atoms with Crippen LogP contribution in [0.4, 0.5) is 8.78 Å². The minimum absolute atomic E-state index is 0.0666. The smallest absolute Gasteiger partial charge is 0.337 e. The van der Waals surface area contributed by atoms with Gasteiger partial charge in [0, 0.05) is 5.70 Å². The van der Waals surface area contributed by atoms with Gasteiger partial charge in [0.25, 0.3) is 0 Å². The summed E-state index contributed by atoms with van der Waals surface area (Å²) in [6, 6.07) is 4.54. The summed E-state index contributed by atoms with van der Waals surface area (Å²) in [6.07, 6.45) is -0.504. The maximum Gasteiger partial charge on any atom is 0.337 e. The van der Waals surface area contributed by atoms with Crippen LogP contribution in [0.2, 0.25) is 0 Å². The van der Waals surface area contributed by atoms with Crippen LogP contribution in [0, 0.1) is 5.82 Å². The number of halogens is 2. The predicted molar refractivity (Wildman–Crippen MR) is 91.8 cm³/mol. The van der Waals surface area contributed by atoms with Crippen LogP contribution in [-0.4, -0.2) is 31.8 Å². The SMILES string of the molecule is COC(=O)C1=C(C)NC2=C(C(=O)OC2)[C@H]1c1cccc(F)c1C1CC(F)C1. The molecule has 1 saturated carbocycles. The molecule has 0 radical (unpaired) electrons. The third-order valence-corrected chi connectivity index (χ3v) is 5.50. The molecule has 5 nitrogen and oxygen atoms in total. The zero-order valence-electron chi connectivity index (χ0n) is 15.0. The summed E-state index contributed by atoms with van der Waals surface area (Å²) in [4.78, 5) is 24.9. The predicted octanol–water partition coefficient (Wildman–Crippen LogP) is 2.99. The van der Waals surface area contributed by atoms with Crippen molar-refractivity contribution in [1.29, 1.82) is 0 Å². The molecule has 27 heavy (non-hydrogen) atoms. The maximum atomic E-state index is 14.7. The van der Waals surface area contributed by atoms with Gasteiger partial charge in [0.15, 0.2) is 0 Å². The highest BCUT2D eigenvalue weighted by Gasteiger charge is 2.44. The summed E-state index contributed by atoms with van der Waals surface area (Å²) in [5.74, 6) is -2.72. The molecule has 0 saturated heterocycles. The van der Waals surface area contributed by atoms with Crippen molar-refractivity contribution < 1.29 is 27.8 Å². The van der Waals surface area contributed by atoms with E-state index in [0.717, 1.165) is 0 Å². The van der Waals surface area contributed by atoms with E-state index in [1.54, 1.807) is 13.0 Å². The molecule has 1 aliphatic carbocycles. The molecule has 1 aromatic rings. The van der Waals surface area contributed by atoms with Gasteiger partial charge in [-0.3, -0.25) is 0 Å². The van der Waals surface area contributed by atoms with Crippen LogP contribution < -0.4 is 5.32 Å². The molecule has 0 bridgehead atoms. The minimum atomic E-state index is -0.959. The standard InChI is InChI=1S/C20H19F2NO4/c1-9-15(19(24)26-2)17(18-14(23-9)8-27-20(18)25)12-4-3-5-13(22)16(12)10-6-11(21)7-10/h3-5,10-11,17,23H,6-8H2,1-2H3/t10?,11?,17-/m0/s1. The molecule has 0 unspecified atom stereocenters. The van der Waals surface area contributed by atoms with Gasteiger partial charge in [0.1, 0.15) is 18.6 Å². The van der Waals surface area contributed by atoms with Crippen LogP contribution >= 0.6 is 0 Å². The Bertz CT molecular complexity index is 899. The summed E-state index contributed by atoms with van der Waals surface area (Å²) < 4.78 is 38.3. The van der Waals surface area contributed by atoms with E-state index in [2.05, 4.69) is 5.32 Å². The van der Waals surface area contributed by atoms with Crippen LogP contribution in [0.3, 0.4) is 0 Å². The molecule has 142 valence electrons. The number of ether oxygens (including phenoxy) is 2. The number of dihydropyridines is 1. The molecule has 1 fully saturated rings. The number of carbonyl (C=O) groups is 2. The number of alkyl halides is 1. The van der Waals surface area contributed by atoms with Crippen LogP contribution in [0.5, 0.6) is 0 Å². The largest absolute Gasteiger partial charge is 0.466 e. The lowest BCUT2D eigenvalue weighted by Crippen LogP contribution is -2.32. The minimum Gasteiger partial charge on any atom is -0.466 e. The van der Waals surface area contributed by atoms with Gasteiger partial charge in [0.05, 0.1) is 29.9 Å². The Morgan fingerprint density at radius 2 is 2.07 bits per heavy atom. The number of nitrogens with one attached hydrogen (secondary N) is 1. The van der Waals surface area contributed by atoms with Crippen molar-refractivity contribution >= 4 is 11.9 Å². The number of rotatable bonds is 3. The van der Waals surface area contributed by atoms with Gasteiger partial charge in [-0.1, -0.05) is 12.1 Å². The third kappa shape index (κ3) is 2.72. The van der Waals surface area contributed by atoms with Crippen LogP contribution in [0.15, 0.2) is 40.7 Å². The molecular weight excluding hydrogens is 356 g/mol. The normalized spacial score (nSPS) is 27.0. The van der Waals surface area contributed by atoms with Crippen molar-refractivity contribution in [2.75, 3.05) is 13.7 Å². The number of benzene rings is 1. The summed E-state index contributed by atoms with van der Waals surface area (Å²) in [6.45, 7) is 1.77. The van der Waals surface area contributed by atoms with Crippen molar-refractivity contribution in [2.45, 2.75) is 37.8 Å². The Kier molecular flexibility index (Phi) is 4.25. The van der Waals surface area contributed by atoms with Crippen LogP contribution in [-0.2, 0) is 19.1 Å². The van der Waals surface area contributed by atoms with Gasteiger partial charge in [-0.15, -0.1) is 0 Å². The first-order valence-electron chi connectivity index (χ1n) is 8.81. The van der Waals surface area contributed by atoms with E-state index in [0.29, 0.717) is 22.5 Å². The van der Waals surface area contributed by atoms with E-state index in [4.69, 9.17) is 9.47 Å². The zero-order valence-corrected chi connectivity index (χ0v) is 15.0. The number of cyclic esters (lactones) is 1.